The third kappa shape index (κ3) is 4.83. The maximum atomic E-state index is 9.88. The van der Waals surface area contributed by atoms with Gasteiger partial charge in [0.1, 0.15) is 5.75 Å². The highest BCUT2D eigenvalue weighted by Crippen LogP contribution is 2.20. The van der Waals surface area contributed by atoms with Crippen LogP contribution in [0, 0.1) is 13.8 Å². The van der Waals surface area contributed by atoms with Crippen LogP contribution < -0.4 is 0 Å². The molecule has 2 aromatic rings. The van der Waals surface area contributed by atoms with Crippen LogP contribution in [-0.4, -0.2) is 47.4 Å². The Labute approximate surface area is 157 Å². The minimum Gasteiger partial charge on any atom is -0.507 e. The molecule has 0 radical (unpaired) electrons. The summed E-state index contributed by atoms with van der Waals surface area (Å²) < 4.78 is 0.935. The zero-order valence-electron chi connectivity index (χ0n) is 14.7. The molecular weight excluding hydrogens is 378 g/mol. The fourth-order valence-corrected chi connectivity index (χ4v) is 3.43. The molecule has 1 heterocycles. The van der Waals surface area contributed by atoms with Crippen LogP contribution in [0.25, 0.3) is 0 Å². The molecule has 132 valence electrons. The maximum Gasteiger partial charge on any atom is 0.124 e. The average molecular weight is 402 g/mol. The van der Waals surface area contributed by atoms with Gasteiger partial charge in [0.25, 0.3) is 0 Å². The van der Waals surface area contributed by atoms with Gasteiger partial charge in [-0.25, -0.2) is 0 Å². The summed E-state index contributed by atoms with van der Waals surface area (Å²) in [4.78, 5) is 2.47. The summed E-state index contributed by atoms with van der Waals surface area (Å²) in [5.74, 6) is 0.250. The summed E-state index contributed by atoms with van der Waals surface area (Å²) in [6.07, 6.45) is 1.74. The summed E-state index contributed by atoms with van der Waals surface area (Å²) in [6.45, 7) is 9.11. The number of phenolic OH excluding ortho intramolecular Hbond substituents is 1. The lowest BCUT2D eigenvalue weighted by atomic mass is 10.1. The highest BCUT2D eigenvalue weighted by Gasteiger charge is 2.16. The molecule has 0 aliphatic carbocycles. The number of rotatable bonds is 4. The Balaban J connectivity index is 1.55. The van der Waals surface area contributed by atoms with Crippen molar-refractivity contribution >= 4 is 22.1 Å². The Morgan fingerprint density at radius 1 is 1.08 bits per heavy atom. The van der Waals surface area contributed by atoms with Crippen LogP contribution in [0.2, 0.25) is 0 Å². The highest BCUT2D eigenvalue weighted by atomic mass is 79.9. The van der Waals surface area contributed by atoms with Crippen molar-refractivity contribution in [3.05, 3.63) is 63.1 Å². The SMILES string of the molecule is Cc1ccc(CN2CCN(N=Cc3cc(Br)ccc3O)CC2)c(C)c1. The normalized spacial score (nSPS) is 15.9. The smallest absolute Gasteiger partial charge is 0.124 e. The Hall–Kier alpha value is -1.85. The lowest BCUT2D eigenvalue weighted by Crippen LogP contribution is -2.43. The number of aryl methyl sites for hydroxylation is 2. The highest BCUT2D eigenvalue weighted by molar-refractivity contribution is 9.10. The number of halogens is 1. The van der Waals surface area contributed by atoms with Crippen molar-refractivity contribution in [2.75, 3.05) is 26.2 Å². The molecule has 1 saturated heterocycles. The first kappa shape index (κ1) is 18.0. The van der Waals surface area contributed by atoms with Crippen LogP contribution in [0.3, 0.4) is 0 Å². The molecule has 0 unspecified atom stereocenters. The Morgan fingerprint density at radius 3 is 2.56 bits per heavy atom. The van der Waals surface area contributed by atoms with E-state index in [9.17, 15) is 5.11 Å². The van der Waals surface area contributed by atoms with Gasteiger partial charge in [-0.2, -0.15) is 5.10 Å². The predicted molar refractivity (Wildman–Crippen MR) is 106 cm³/mol. The third-order valence-electron chi connectivity index (χ3n) is 4.59. The van der Waals surface area contributed by atoms with Crippen LogP contribution in [0.15, 0.2) is 46.0 Å². The first-order valence-electron chi connectivity index (χ1n) is 8.57. The number of phenols is 1. The molecule has 4 nitrogen and oxygen atoms in total. The lowest BCUT2D eigenvalue weighted by molar-refractivity contribution is 0.131. The molecule has 25 heavy (non-hydrogen) atoms. The van der Waals surface area contributed by atoms with E-state index in [4.69, 9.17) is 0 Å². The van der Waals surface area contributed by atoms with E-state index in [1.165, 1.54) is 16.7 Å². The molecule has 0 saturated carbocycles. The first-order chi connectivity index (χ1) is 12.0. The van der Waals surface area contributed by atoms with E-state index in [-0.39, 0.29) is 5.75 Å². The molecular formula is C20H24BrN3O. The zero-order chi connectivity index (χ0) is 17.8. The van der Waals surface area contributed by atoms with Crippen molar-refractivity contribution in [1.82, 2.24) is 9.91 Å². The van der Waals surface area contributed by atoms with Crippen LogP contribution in [0.5, 0.6) is 5.75 Å². The van der Waals surface area contributed by atoms with E-state index in [0.29, 0.717) is 0 Å². The van der Waals surface area contributed by atoms with Gasteiger partial charge in [0.05, 0.1) is 6.21 Å². The van der Waals surface area contributed by atoms with Crippen molar-refractivity contribution in [1.29, 1.82) is 0 Å². The summed E-state index contributed by atoms with van der Waals surface area (Å²) in [5.41, 5.74) is 4.82. The Bertz CT molecular complexity index is 768. The molecule has 0 atom stereocenters. The van der Waals surface area contributed by atoms with Gasteiger partial charge >= 0.3 is 0 Å². The van der Waals surface area contributed by atoms with E-state index in [1.807, 2.05) is 12.1 Å². The van der Waals surface area contributed by atoms with Gasteiger partial charge in [0.15, 0.2) is 0 Å². The van der Waals surface area contributed by atoms with Gasteiger partial charge < -0.3 is 5.11 Å². The minimum absolute atomic E-state index is 0.250. The third-order valence-corrected chi connectivity index (χ3v) is 5.08. The number of hydrogen-bond acceptors (Lipinski definition) is 4. The molecule has 5 heteroatoms. The van der Waals surface area contributed by atoms with Gasteiger partial charge in [-0.1, -0.05) is 39.7 Å². The standard InChI is InChI=1S/C20H24BrN3O/c1-15-3-4-17(16(2)11-15)14-23-7-9-24(10-8-23)22-13-18-12-19(21)5-6-20(18)25/h3-6,11-13,25H,7-10,14H2,1-2H3. The van der Waals surface area contributed by atoms with Crippen molar-refractivity contribution in [3.8, 4) is 5.75 Å². The maximum absolute atomic E-state index is 9.88. The number of nitrogens with zero attached hydrogens (tertiary/aromatic N) is 3. The quantitative estimate of drug-likeness (QED) is 0.788. The monoisotopic (exact) mass is 401 g/mol. The molecule has 2 aromatic carbocycles. The molecule has 0 amide bonds. The molecule has 1 N–H and O–H groups in total. The molecule has 1 aliphatic heterocycles. The van der Waals surface area contributed by atoms with Gasteiger partial charge in [-0.05, 0) is 43.2 Å². The molecule has 0 aromatic heterocycles. The fourth-order valence-electron chi connectivity index (χ4n) is 3.05. The van der Waals surface area contributed by atoms with Crippen LogP contribution >= 0.6 is 15.9 Å². The molecule has 3 rings (SSSR count). The van der Waals surface area contributed by atoms with Crippen molar-refractivity contribution in [2.45, 2.75) is 20.4 Å². The van der Waals surface area contributed by atoms with E-state index >= 15 is 0 Å². The largest absolute Gasteiger partial charge is 0.507 e. The van der Waals surface area contributed by atoms with E-state index in [0.717, 1.165) is 42.8 Å². The topological polar surface area (TPSA) is 39.1 Å². The van der Waals surface area contributed by atoms with Crippen LogP contribution in [0.4, 0.5) is 0 Å². The molecule has 1 aliphatic rings. The Morgan fingerprint density at radius 2 is 1.84 bits per heavy atom. The number of hydrazone groups is 1. The number of piperazine rings is 1. The Kier molecular flexibility index (Phi) is 5.76. The van der Waals surface area contributed by atoms with Gasteiger partial charge in [-0.3, -0.25) is 9.91 Å². The van der Waals surface area contributed by atoms with Gasteiger partial charge in [-0.15, -0.1) is 0 Å². The molecule has 0 bridgehead atoms. The number of hydrogen-bond donors (Lipinski definition) is 1. The van der Waals surface area contributed by atoms with Crippen LogP contribution in [-0.2, 0) is 6.54 Å². The van der Waals surface area contributed by atoms with Gasteiger partial charge in [0.2, 0.25) is 0 Å². The second-order valence-electron chi connectivity index (χ2n) is 6.61. The summed E-state index contributed by atoms with van der Waals surface area (Å²) >= 11 is 3.42. The summed E-state index contributed by atoms with van der Waals surface area (Å²) in [6, 6.07) is 12.0. The second-order valence-corrected chi connectivity index (χ2v) is 7.52. The van der Waals surface area contributed by atoms with E-state index < -0.39 is 0 Å². The van der Waals surface area contributed by atoms with Crippen molar-refractivity contribution in [3.63, 3.8) is 0 Å². The van der Waals surface area contributed by atoms with Crippen molar-refractivity contribution < 1.29 is 5.11 Å². The van der Waals surface area contributed by atoms with Gasteiger partial charge in [0, 0.05) is 42.8 Å². The van der Waals surface area contributed by atoms with Crippen molar-refractivity contribution in [2.24, 2.45) is 5.10 Å². The predicted octanol–water partition coefficient (Wildman–Crippen LogP) is 3.92. The molecule has 0 spiro atoms. The summed E-state index contributed by atoms with van der Waals surface area (Å²) in [5, 5.41) is 16.5. The second kappa shape index (κ2) is 8.02. The molecule has 1 fully saturated rings. The lowest BCUT2D eigenvalue weighted by Gasteiger charge is -2.33. The number of aromatic hydroxyl groups is 1. The average Bonchev–Trinajstić information content (AvgIpc) is 2.59. The zero-order valence-corrected chi connectivity index (χ0v) is 16.3. The summed E-state index contributed by atoms with van der Waals surface area (Å²) in [7, 11) is 0. The fraction of sp³-hybridized carbons (Fsp3) is 0.350. The van der Waals surface area contributed by atoms with E-state index in [1.54, 1.807) is 12.3 Å². The minimum atomic E-state index is 0.250. The van der Waals surface area contributed by atoms with E-state index in [2.05, 4.69) is 63.0 Å². The number of benzene rings is 2. The first-order valence-corrected chi connectivity index (χ1v) is 9.36. The van der Waals surface area contributed by atoms with Crippen LogP contribution in [0.1, 0.15) is 22.3 Å².